The molecule has 0 spiro atoms. The molecule has 0 bridgehead atoms. The number of aromatic nitrogens is 3. The fourth-order valence-electron chi connectivity index (χ4n) is 1.38. The summed E-state index contributed by atoms with van der Waals surface area (Å²) >= 11 is 0. The number of aliphatic hydroxyl groups is 1. The lowest BCUT2D eigenvalue weighted by Crippen LogP contribution is -2.24. The molecular formula is C12H23N5O2. The molecule has 108 valence electrons. The highest BCUT2D eigenvalue weighted by Crippen LogP contribution is 2.12. The molecule has 0 saturated carbocycles. The van der Waals surface area contributed by atoms with Gasteiger partial charge in [-0.3, -0.25) is 0 Å². The topological polar surface area (TPSA) is 92.2 Å². The summed E-state index contributed by atoms with van der Waals surface area (Å²) in [5.41, 5.74) is 0. The first kappa shape index (κ1) is 15.4. The van der Waals surface area contributed by atoms with E-state index >= 15 is 0 Å². The van der Waals surface area contributed by atoms with Crippen LogP contribution in [0.5, 0.6) is 6.01 Å². The Bertz CT molecular complexity index is 371. The Balaban J connectivity index is 2.85. The highest BCUT2D eigenvalue weighted by molar-refractivity contribution is 5.36. The van der Waals surface area contributed by atoms with Gasteiger partial charge in [-0.25, -0.2) is 0 Å². The van der Waals surface area contributed by atoms with Crippen molar-refractivity contribution in [2.75, 3.05) is 30.4 Å². The molecule has 7 nitrogen and oxygen atoms in total. The highest BCUT2D eigenvalue weighted by atomic mass is 16.5. The van der Waals surface area contributed by atoms with Crippen molar-refractivity contribution < 1.29 is 9.84 Å². The number of nitrogens with zero attached hydrogens (tertiary/aromatic N) is 3. The van der Waals surface area contributed by atoms with Gasteiger partial charge in [0.2, 0.25) is 11.9 Å². The third-order valence-corrected chi connectivity index (χ3v) is 2.43. The highest BCUT2D eigenvalue weighted by Gasteiger charge is 2.10. The molecule has 1 aromatic heterocycles. The van der Waals surface area contributed by atoms with Crippen LogP contribution in [0, 0.1) is 0 Å². The van der Waals surface area contributed by atoms with Gasteiger partial charge in [-0.05, 0) is 19.8 Å². The molecule has 0 aliphatic rings. The third-order valence-electron chi connectivity index (χ3n) is 2.43. The summed E-state index contributed by atoms with van der Waals surface area (Å²) in [4.78, 5) is 12.6. The van der Waals surface area contributed by atoms with Gasteiger partial charge in [0.05, 0.1) is 19.3 Å². The Kier molecular flexibility index (Phi) is 6.88. The molecule has 1 aromatic rings. The number of rotatable bonds is 9. The summed E-state index contributed by atoms with van der Waals surface area (Å²) in [7, 11) is 0. The van der Waals surface area contributed by atoms with Crippen molar-refractivity contribution in [1.29, 1.82) is 0 Å². The van der Waals surface area contributed by atoms with Crippen LogP contribution in [-0.2, 0) is 0 Å². The van der Waals surface area contributed by atoms with E-state index in [1.165, 1.54) is 0 Å². The smallest absolute Gasteiger partial charge is 0.323 e. The van der Waals surface area contributed by atoms with Gasteiger partial charge in [0, 0.05) is 6.54 Å². The van der Waals surface area contributed by atoms with Crippen molar-refractivity contribution >= 4 is 11.9 Å². The van der Waals surface area contributed by atoms with Crippen LogP contribution in [0.25, 0.3) is 0 Å². The molecule has 0 aromatic carbocycles. The van der Waals surface area contributed by atoms with Crippen molar-refractivity contribution in [3.63, 3.8) is 0 Å². The molecule has 1 heterocycles. The lowest BCUT2D eigenvalue weighted by Gasteiger charge is -2.15. The van der Waals surface area contributed by atoms with E-state index in [-0.39, 0.29) is 12.6 Å². The van der Waals surface area contributed by atoms with Crippen LogP contribution in [0.2, 0.25) is 0 Å². The zero-order chi connectivity index (χ0) is 14.1. The SMILES string of the molecule is CCCOc1nc(NCC)nc(NC(CC)CO)n1. The maximum atomic E-state index is 9.19. The van der Waals surface area contributed by atoms with Crippen molar-refractivity contribution in [1.82, 2.24) is 15.0 Å². The Morgan fingerprint density at radius 2 is 1.89 bits per heavy atom. The minimum atomic E-state index is -0.0732. The van der Waals surface area contributed by atoms with Crippen LogP contribution < -0.4 is 15.4 Å². The molecule has 19 heavy (non-hydrogen) atoms. The maximum Gasteiger partial charge on any atom is 0.323 e. The molecule has 1 atom stereocenters. The molecule has 7 heteroatoms. The second-order valence-electron chi connectivity index (χ2n) is 4.08. The fourth-order valence-corrected chi connectivity index (χ4v) is 1.38. The number of hydrogen-bond acceptors (Lipinski definition) is 7. The second kappa shape index (κ2) is 8.47. The van der Waals surface area contributed by atoms with Crippen molar-refractivity contribution in [2.45, 2.75) is 39.7 Å². The van der Waals surface area contributed by atoms with Gasteiger partial charge >= 0.3 is 6.01 Å². The number of anilines is 2. The first-order valence-corrected chi connectivity index (χ1v) is 6.73. The Morgan fingerprint density at radius 3 is 2.47 bits per heavy atom. The van der Waals surface area contributed by atoms with Crippen LogP contribution in [0.1, 0.15) is 33.6 Å². The monoisotopic (exact) mass is 269 g/mol. The number of nitrogens with one attached hydrogen (secondary N) is 2. The van der Waals surface area contributed by atoms with Gasteiger partial charge in [0.25, 0.3) is 0 Å². The lowest BCUT2D eigenvalue weighted by atomic mass is 10.2. The normalized spacial score (nSPS) is 12.0. The van der Waals surface area contributed by atoms with Crippen molar-refractivity contribution in [3.05, 3.63) is 0 Å². The van der Waals surface area contributed by atoms with Crippen LogP contribution in [0.3, 0.4) is 0 Å². The molecule has 0 amide bonds. The van der Waals surface area contributed by atoms with E-state index in [0.29, 0.717) is 31.1 Å². The van der Waals surface area contributed by atoms with Crippen LogP contribution >= 0.6 is 0 Å². The van der Waals surface area contributed by atoms with Gasteiger partial charge in [-0.2, -0.15) is 15.0 Å². The second-order valence-corrected chi connectivity index (χ2v) is 4.08. The fraction of sp³-hybridized carbons (Fsp3) is 0.750. The van der Waals surface area contributed by atoms with Gasteiger partial charge < -0.3 is 20.5 Å². The summed E-state index contributed by atoms with van der Waals surface area (Å²) in [5, 5.41) is 15.3. The minimum Gasteiger partial charge on any atom is -0.463 e. The van der Waals surface area contributed by atoms with Gasteiger partial charge in [-0.15, -0.1) is 0 Å². The average Bonchev–Trinajstić information content (AvgIpc) is 2.42. The van der Waals surface area contributed by atoms with E-state index in [2.05, 4.69) is 25.6 Å². The van der Waals surface area contributed by atoms with E-state index in [1.807, 2.05) is 20.8 Å². The molecule has 0 saturated heterocycles. The maximum absolute atomic E-state index is 9.19. The summed E-state index contributed by atoms with van der Waals surface area (Å²) < 4.78 is 5.43. The van der Waals surface area contributed by atoms with Crippen LogP contribution in [0.15, 0.2) is 0 Å². The molecule has 3 N–H and O–H groups in total. The Morgan fingerprint density at radius 1 is 1.16 bits per heavy atom. The van der Waals surface area contributed by atoms with Crippen LogP contribution in [-0.4, -0.2) is 45.9 Å². The van der Waals surface area contributed by atoms with Crippen molar-refractivity contribution in [2.24, 2.45) is 0 Å². The zero-order valence-corrected chi connectivity index (χ0v) is 11.8. The minimum absolute atomic E-state index is 0.0316. The van der Waals surface area contributed by atoms with Crippen molar-refractivity contribution in [3.8, 4) is 6.01 Å². The predicted octanol–water partition coefficient (Wildman–Crippen LogP) is 1.27. The molecular weight excluding hydrogens is 246 g/mol. The summed E-state index contributed by atoms with van der Waals surface area (Å²) in [6.45, 7) is 7.27. The molecule has 0 aliphatic heterocycles. The quantitative estimate of drug-likeness (QED) is 0.621. The number of aliphatic hydroxyl groups excluding tert-OH is 1. The predicted molar refractivity (Wildman–Crippen MR) is 74.6 cm³/mol. The largest absolute Gasteiger partial charge is 0.463 e. The molecule has 1 unspecified atom stereocenters. The first-order valence-electron chi connectivity index (χ1n) is 6.73. The number of hydrogen-bond donors (Lipinski definition) is 3. The van der Waals surface area contributed by atoms with E-state index in [4.69, 9.17) is 4.74 Å². The Labute approximate surface area is 113 Å². The standard InChI is InChI=1S/C12H23N5O2/c1-4-7-19-12-16-10(13-6-3)15-11(17-12)14-9(5-2)8-18/h9,18H,4-8H2,1-3H3,(H2,13,14,15,16,17). The first-order chi connectivity index (χ1) is 9.23. The average molecular weight is 269 g/mol. The molecule has 0 radical (unpaired) electrons. The summed E-state index contributed by atoms with van der Waals surface area (Å²) in [6, 6.07) is 0.221. The molecule has 0 fully saturated rings. The lowest BCUT2D eigenvalue weighted by molar-refractivity contribution is 0.270. The molecule has 1 rings (SSSR count). The van der Waals surface area contributed by atoms with Gasteiger partial charge in [0.15, 0.2) is 0 Å². The molecule has 0 aliphatic carbocycles. The number of ether oxygens (including phenoxy) is 1. The van der Waals surface area contributed by atoms with E-state index in [9.17, 15) is 5.11 Å². The Hall–Kier alpha value is -1.63. The van der Waals surface area contributed by atoms with Gasteiger partial charge in [0.1, 0.15) is 0 Å². The zero-order valence-electron chi connectivity index (χ0n) is 11.8. The van der Waals surface area contributed by atoms with Gasteiger partial charge in [-0.1, -0.05) is 13.8 Å². The third kappa shape index (κ3) is 5.25. The summed E-state index contributed by atoms with van der Waals surface area (Å²) in [5.74, 6) is 0.886. The van der Waals surface area contributed by atoms with E-state index in [0.717, 1.165) is 12.8 Å². The van der Waals surface area contributed by atoms with Crippen LogP contribution in [0.4, 0.5) is 11.9 Å². The van der Waals surface area contributed by atoms with E-state index < -0.39 is 0 Å². The summed E-state index contributed by atoms with van der Waals surface area (Å²) in [6.07, 6.45) is 1.67. The van der Waals surface area contributed by atoms with E-state index in [1.54, 1.807) is 0 Å².